The Kier molecular flexibility index (Phi) is 6.33. The Morgan fingerprint density at radius 1 is 1.00 bits per heavy atom. The van der Waals surface area contributed by atoms with Crippen molar-refractivity contribution in [1.29, 1.82) is 0 Å². The Hall–Kier alpha value is -3.98. The summed E-state index contributed by atoms with van der Waals surface area (Å²) < 4.78 is 3.46. The van der Waals surface area contributed by atoms with Crippen molar-refractivity contribution >= 4 is 34.5 Å². The molecule has 0 bridgehead atoms. The van der Waals surface area contributed by atoms with Gasteiger partial charge in [0.25, 0.3) is 0 Å². The number of benzene rings is 2. The van der Waals surface area contributed by atoms with Gasteiger partial charge in [0.2, 0.25) is 5.91 Å². The number of thioether (sulfide) groups is 1. The molecule has 5 rings (SSSR count). The Morgan fingerprint density at radius 2 is 1.83 bits per heavy atom. The van der Waals surface area contributed by atoms with E-state index in [0.29, 0.717) is 23.0 Å². The van der Waals surface area contributed by atoms with Crippen LogP contribution in [0.1, 0.15) is 22.4 Å². The van der Waals surface area contributed by atoms with E-state index < -0.39 is 0 Å². The minimum Gasteiger partial charge on any atom is -0.310 e. The molecule has 0 saturated carbocycles. The highest BCUT2D eigenvalue weighted by molar-refractivity contribution is 7.99. The number of carbonyl (C=O) groups excluding carboxylic acids is 1. The number of nitrogens with zero attached hydrogens (tertiary/aromatic N) is 6. The highest BCUT2D eigenvalue weighted by Gasteiger charge is 2.18. The summed E-state index contributed by atoms with van der Waals surface area (Å²) in [6.07, 6.45) is 3.24. The van der Waals surface area contributed by atoms with Crippen molar-refractivity contribution in [1.82, 2.24) is 29.5 Å². The van der Waals surface area contributed by atoms with Gasteiger partial charge in [0, 0.05) is 11.8 Å². The van der Waals surface area contributed by atoms with Crippen LogP contribution in [-0.4, -0.2) is 41.2 Å². The summed E-state index contributed by atoms with van der Waals surface area (Å²) in [4.78, 5) is 21.7. The highest BCUT2D eigenvalue weighted by Crippen LogP contribution is 2.26. The van der Waals surface area contributed by atoms with E-state index in [0.717, 1.165) is 28.1 Å². The van der Waals surface area contributed by atoms with E-state index >= 15 is 0 Å². The van der Waals surface area contributed by atoms with E-state index in [1.807, 2.05) is 48.0 Å². The van der Waals surface area contributed by atoms with Gasteiger partial charge >= 0.3 is 0 Å². The fourth-order valence-electron chi connectivity index (χ4n) is 3.91. The fourth-order valence-corrected chi connectivity index (χ4v) is 4.69. The molecule has 3 heterocycles. The molecule has 0 atom stereocenters. The molecule has 2 aromatic carbocycles. The third-order valence-electron chi connectivity index (χ3n) is 5.79. The molecule has 0 spiro atoms. The number of rotatable bonds is 7. The van der Waals surface area contributed by atoms with Crippen molar-refractivity contribution in [3.63, 3.8) is 0 Å². The first-order valence-electron chi connectivity index (χ1n) is 11.2. The number of amides is 1. The number of hydrogen-bond donors (Lipinski definition) is 1. The third-order valence-corrected chi connectivity index (χ3v) is 6.80. The van der Waals surface area contributed by atoms with Crippen molar-refractivity contribution in [2.75, 3.05) is 11.1 Å². The predicted octanol–water partition coefficient (Wildman–Crippen LogP) is 4.80. The number of anilines is 1. The zero-order valence-corrected chi connectivity index (χ0v) is 20.6. The van der Waals surface area contributed by atoms with Crippen LogP contribution >= 0.6 is 11.8 Å². The highest BCUT2D eigenvalue weighted by atomic mass is 32.2. The number of carbonyl (C=O) groups is 1. The van der Waals surface area contributed by atoms with E-state index in [2.05, 4.69) is 57.5 Å². The Morgan fingerprint density at radius 3 is 2.66 bits per heavy atom. The van der Waals surface area contributed by atoms with Crippen LogP contribution < -0.4 is 5.32 Å². The Balaban J connectivity index is 1.41. The van der Waals surface area contributed by atoms with Crippen molar-refractivity contribution in [3.8, 4) is 11.5 Å². The maximum Gasteiger partial charge on any atom is 0.235 e. The van der Waals surface area contributed by atoms with Crippen LogP contribution in [-0.2, 0) is 10.5 Å². The third kappa shape index (κ3) is 4.67. The van der Waals surface area contributed by atoms with Gasteiger partial charge in [-0.2, -0.15) is 14.9 Å². The largest absolute Gasteiger partial charge is 0.310 e. The molecule has 0 aliphatic carbocycles. The van der Waals surface area contributed by atoms with Crippen LogP contribution in [0.3, 0.4) is 0 Å². The molecule has 0 radical (unpaired) electrons. The van der Waals surface area contributed by atoms with Gasteiger partial charge in [-0.05, 0) is 43.5 Å². The van der Waals surface area contributed by atoms with Gasteiger partial charge in [-0.25, -0.2) is 14.6 Å². The lowest BCUT2D eigenvalue weighted by Gasteiger charge is -2.10. The topological polar surface area (TPSA) is 90.5 Å². The first-order chi connectivity index (χ1) is 17.0. The number of aromatic nitrogens is 6. The van der Waals surface area contributed by atoms with Crippen LogP contribution in [0.5, 0.6) is 0 Å². The smallest absolute Gasteiger partial charge is 0.235 e. The van der Waals surface area contributed by atoms with Crippen molar-refractivity contribution in [2.24, 2.45) is 0 Å². The molecule has 3 aromatic heterocycles. The van der Waals surface area contributed by atoms with Crippen LogP contribution in [0.25, 0.3) is 22.5 Å². The lowest BCUT2D eigenvalue weighted by molar-refractivity contribution is -0.113. The molecule has 1 amide bonds. The first-order valence-corrected chi connectivity index (χ1v) is 12.4. The number of hydrogen-bond acceptors (Lipinski definition) is 6. The van der Waals surface area contributed by atoms with Gasteiger partial charge in [0.05, 0.1) is 28.7 Å². The molecule has 0 fully saturated rings. The quantitative estimate of drug-likeness (QED) is 0.358. The van der Waals surface area contributed by atoms with Crippen LogP contribution in [0.2, 0.25) is 0 Å². The van der Waals surface area contributed by atoms with Gasteiger partial charge in [0.15, 0.2) is 11.5 Å². The molecule has 35 heavy (non-hydrogen) atoms. The number of nitrogens with one attached hydrogen (secondary N) is 1. The maximum atomic E-state index is 12.7. The van der Waals surface area contributed by atoms with Gasteiger partial charge in [-0.3, -0.25) is 4.79 Å². The van der Waals surface area contributed by atoms with Crippen molar-refractivity contribution in [2.45, 2.75) is 26.5 Å². The number of aryl methyl sites for hydroxylation is 2. The van der Waals surface area contributed by atoms with Gasteiger partial charge < -0.3 is 5.32 Å². The lowest BCUT2D eigenvalue weighted by atomic mass is 10.1. The molecule has 1 N–H and O–H groups in total. The molecule has 0 unspecified atom stereocenters. The van der Waals surface area contributed by atoms with Gasteiger partial charge in [-0.1, -0.05) is 42.5 Å². The van der Waals surface area contributed by atoms with Crippen LogP contribution in [0, 0.1) is 20.8 Å². The molecule has 8 nitrogen and oxygen atoms in total. The number of fused-ring (bicyclic) bond motifs is 1. The zero-order valence-electron chi connectivity index (χ0n) is 19.8. The maximum absolute atomic E-state index is 12.7. The summed E-state index contributed by atoms with van der Waals surface area (Å²) in [5.41, 5.74) is 5.91. The second-order valence-corrected chi connectivity index (χ2v) is 9.30. The van der Waals surface area contributed by atoms with Crippen LogP contribution in [0.15, 0.2) is 67.1 Å². The first kappa shape index (κ1) is 22.8. The molecule has 0 aliphatic heterocycles. The summed E-state index contributed by atoms with van der Waals surface area (Å²) in [7, 11) is 0. The molecule has 0 aliphatic rings. The monoisotopic (exact) mass is 483 g/mol. The average Bonchev–Trinajstić information content (AvgIpc) is 3.44. The normalized spacial score (nSPS) is 11.2. The Labute approximate surface area is 207 Å². The summed E-state index contributed by atoms with van der Waals surface area (Å²) >= 11 is 1.57. The van der Waals surface area contributed by atoms with E-state index in [1.165, 1.54) is 17.5 Å². The van der Waals surface area contributed by atoms with Crippen LogP contribution in [0.4, 0.5) is 5.82 Å². The summed E-state index contributed by atoms with van der Waals surface area (Å²) in [6.45, 7) is 6.03. The minimum atomic E-state index is -0.0940. The summed E-state index contributed by atoms with van der Waals surface area (Å²) in [5.74, 6) is 2.14. The molecular formula is C26H25N7OS. The van der Waals surface area contributed by atoms with E-state index in [1.54, 1.807) is 22.6 Å². The summed E-state index contributed by atoms with van der Waals surface area (Å²) in [5, 5.41) is 12.9. The minimum absolute atomic E-state index is 0.0940. The molecule has 5 aromatic rings. The van der Waals surface area contributed by atoms with Gasteiger partial charge in [-0.15, -0.1) is 11.8 Å². The Bertz CT molecular complexity index is 1510. The summed E-state index contributed by atoms with van der Waals surface area (Å²) in [6, 6.07) is 18.0. The average molecular weight is 484 g/mol. The second kappa shape index (κ2) is 9.71. The lowest BCUT2D eigenvalue weighted by Crippen LogP contribution is -2.17. The molecule has 9 heteroatoms. The SMILES string of the molecule is Cc1cc(NC(=O)CSCc2ccccc2)n(-c2ncnc3c2cnn3-c2cccc(C)c2C)n1. The van der Waals surface area contributed by atoms with E-state index in [-0.39, 0.29) is 5.91 Å². The second-order valence-electron chi connectivity index (χ2n) is 8.32. The standard InChI is InChI=1S/C26H25N7OS/c1-17-8-7-11-22(19(17)3)32-25-21(13-29-32)26(28-16-27-25)33-23(12-18(2)31-33)30-24(34)15-35-14-20-9-5-4-6-10-20/h4-13,16H,14-15H2,1-3H3,(H,30,34). The van der Waals surface area contributed by atoms with Crippen molar-refractivity contribution in [3.05, 3.63) is 89.5 Å². The van der Waals surface area contributed by atoms with Gasteiger partial charge in [0.1, 0.15) is 12.1 Å². The molecule has 0 saturated heterocycles. The van der Waals surface area contributed by atoms with E-state index in [9.17, 15) is 4.79 Å². The molecular weight excluding hydrogens is 458 g/mol. The molecule has 176 valence electrons. The van der Waals surface area contributed by atoms with Crippen molar-refractivity contribution < 1.29 is 4.79 Å². The van der Waals surface area contributed by atoms with E-state index in [4.69, 9.17) is 0 Å². The fraction of sp³-hybridized carbons (Fsp3) is 0.192. The predicted molar refractivity (Wildman–Crippen MR) is 139 cm³/mol. The zero-order chi connectivity index (χ0) is 24.4.